The molecule has 1 amide bonds. The number of aliphatic hydroxyl groups is 1. The number of hydrogen-bond acceptors (Lipinski definition) is 5. The molecule has 7 heteroatoms. The predicted octanol–water partition coefficient (Wildman–Crippen LogP) is 1.64. The Morgan fingerprint density at radius 3 is 2.69 bits per heavy atom. The SMILES string of the molecule is COc1ccc([C@H](NC(=O)c2cc(C)c(C)[nH]c2=O)C2CC(O)C2)cn1. The van der Waals surface area contributed by atoms with Crippen molar-refractivity contribution in [3.8, 4) is 5.88 Å². The van der Waals surface area contributed by atoms with Gasteiger partial charge in [0.25, 0.3) is 11.5 Å². The van der Waals surface area contributed by atoms with Gasteiger partial charge in [0.2, 0.25) is 5.88 Å². The second-order valence-corrected chi connectivity index (χ2v) is 6.79. The monoisotopic (exact) mass is 357 g/mol. The molecule has 7 nitrogen and oxygen atoms in total. The molecule has 0 unspecified atom stereocenters. The molecule has 2 heterocycles. The van der Waals surface area contributed by atoms with Crippen molar-refractivity contribution in [1.29, 1.82) is 0 Å². The van der Waals surface area contributed by atoms with Crippen molar-refractivity contribution in [2.75, 3.05) is 7.11 Å². The van der Waals surface area contributed by atoms with E-state index >= 15 is 0 Å². The number of aromatic nitrogens is 2. The standard InChI is InChI=1S/C19H23N3O4/c1-10-6-15(18(24)21-11(10)2)19(25)22-17(13-7-14(23)8-13)12-4-5-16(26-3)20-9-12/h4-6,9,13-14,17,23H,7-8H2,1-3H3,(H,21,24)(H,22,25)/t13?,14?,17-/m0/s1. The van der Waals surface area contributed by atoms with Gasteiger partial charge in [-0.25, -0.2) is 4.98 Å². The molecule has 3 N–H and O–H groups in total. The number of nitrogens with zero attached hydrogens (tertiary/aromatic N) is 1. The smallest absolute Gasteiger partial charge is 0.261 e. The molecule has 2 aromatic heterocycles. The van der Waals surface area contributed by atoms with E-state index in [1.165, 1.54) is 7.11 Å². The summed E-state index contributed by atoms with van der Waals surface area (Å²) in [5.74, 6) is 0.143. The van der Waals surface area contributed by atoms with Gasteiger partial charge in [-0.3, -0.25) is 9.59 Å². The van der Waals surface area contributed by atoms with Crippen LogP contribution in [-0.4, -0.2) is 34.2 Å². The van der Waals surface area contributed by atoms with Gasteiger partial charge in [0.15, 0.2) is 0 Å². The average Bonchev–Trinajstić information content (AvgIpc) is 2.60. The van der Waals surface area contributed by atoms with Crippen LogP contribution in [0.15, 0.2) is 29.2 Å². The van der Waals surface area contributed by atoms with E-state index < -0.39 is 11.5 Å². The zero-order valence-corrected chi connectivity index (χ0v) is 15.1. The van der Waals surface area contributed by atoms with Gasteiger partial charge in [0.05, 0.1) is 19.3 Å². The Hall–Kier alpha value is -2.67. The topological polar surface area (TPSA) is 104 Å². The largest absolute Gasteiger partial charge is 0.481 e. The number of amides is 1. The van der Waals surface area contributed by atoms with Crippen molar-refractivity contribution in [2.24, 2.45) is 5.92 Å². The fourth-order valence-corrected chi connectivity index (χ4v) is 3.19. The number of hydrogen-bond donors (Lipinski definition) is 3. The second-order valence-electron chi connectivity index (χ2n) is 6.79. The molecule has 26 heavy (non-hydrogen) atoms. The summed E-state index contributed by atoms with van der Waals surface area (Å²) in [4.78, 5) is 31.8. The van der Waals surface area contributed by atoms with Crippen LogP contribution < -0.4 is 15.6 Å². The number of H-pyrrole nitrogens is 1. The van der Waals surface area contributed by atoms with Crippen LogP contribution in [0.4, 0.5) is 0 Å². The molecule has 0 aliphatic heterocycles. The number of nitrogens with one attached hydrogen (secondary N) is 2. The van der Waals surface area contributed by atoms with Gasteiger partial charge in [-0.05, 0) is 49.8 Å². The predicted molar refractivity (Wildman–Crippen MR) is 96.3 cm³/mol. The Morgan fingerprint density at radius 2 is 2.12 bits per heavy atom. The summed E-state index contributed by atoms with van der Waals surface area (Å²) in [7, 11) is 1.54. The number of pyridine rings is 2. The summed E-state index contributed by atoms with van der Waals surface area (Å²) in [6.45, 7) is 3.63. The van der Waals surface area contributed by atoms with Gasteiger partial charge >= 0.3 is 0 Å². The number of aliphatic hydroxyl groups excluding tert-OH is 1. The highest BCUT2D eigenvalue weighted by atomic mass is 16.5. The number of ether oxygens (including phenoxy) is 1. The summed E-state index contributed by atoms with van der Waals surface area (Å²) in [5, 5.41) is 12.6. The minimum Gasteiger partial charge on any atom is -0.481 e. The highest BCUT2D eigenvalue weighted by Gasteiger charge is 2.36. The van der Waals surface area contributed by atoms with Crippen molar-refractivity contribution >= 4 is 5.91 Å². The lowest BCUT2D eigenvalue weighted by atomic mass is 9.75. The molecule has 138 valence electrons. The van der Waals surface area contributed by atoms with E-state index in [0.29, 0.717) is 18.7 Å². The van der Waals surface area contributed by atoms with E-state index in [4.69, 9.17) is 4.74 Å². The Labute approximate surface area is 151 Å². The highest BCUT2D eigenvalue weighted by Crippen LogP contribution is 2.38. The van der Waals surface area contributed by atoms with Gasteiger partial charge in [0, 0.05) is 18.0 Å². The van der Waals surface area contributed by atoms with Crippen LogP contribution in [0.1, 0.15) is 46.1 Å². The van der Waals surface area contributed by atoms with Crippen LogP contribution in [0.5, 0.6) is 5.88 Å². The average molecular weight is 357 g/mol. The van der Waals surface area contributed by atoms with Crippen molar-refractivity contribution < 1.29 is 14.6 Å². The maximum Gasteiger partial charge on any atom is 0.261 e. The Morgan fingerprint density at radius 1 is 1.38 bits per heavy atom. The zero-order chi connectivity index (χ0) is 18.8. The third-order valence-corrected chi connectivity index (χ3v) is 4.98. The summed E-state index contributed by atoms with van der Waals surface area (Å²) >= 11 is 0. The van der Waals surface area contributed by atoms with E-state index in [1.54, 1.807) is 25.3 Å². The first-order chi connectivity index (χ1) is 12.4. The number of methoxy groups -OCH3 is 1. The maximum absolute atomic E-state index is 12.7. The van der Waals surface area contributed by atoms with Crippen LogP contribution in [0.25, 0.3) is 0 Å². The molecule has 0 saturated heterocycles. The van der Waals surface area contributed by atoms with E-state index in [2.05, 4.69) is 15.3 Å². The third-order valence-electron chi connectivity index (χ3n) is 4.98. The Bertz CT molecular complexity index is 854. The molecular weight excluding hydrogens is 334 g/mol. The van der Waals surface area contributed by atoms with Crippen molar-refractivity contribution in [3.05, 3.63) is 57.1 Å². The molecule has 0 aromatic carbocycles. The normalized spacial score (nSPS) is 20.2. The van der Waals surface area contributed by atoms with Gasteiger partial charge in [-0.2, -0.15) is 0 Å². The van der Waals surface area contributed by atoms with Gasteiger partial charge in [-0.15, -0.1) is 0 Å². The number of aryl methyl sites for hydroxylation is 2. The van der Waals surface area contributed by atoms with E-state index in [9.17, 15) is 14.7 Å². The molecule has 1 fully saturated rings. The third kappa shape index (κ3) is 3.62. The van der Waals surface area contributed by atoms with Crippen LogP contribution in [0.2, 0.25) is 0 Å². The summed E-state index contributed by atoms with van der Waals surface area (Å²) < 4.78 is 5.07. The fourth-order valence-electron chi connectivity index (χ4n) is 3.19. The highest BCUT2D eigenvalue weighted by molar-refractivity contribution is 5.94. The minimum atomic E-state index is -0.434. The number of carbonyl (C=O) groups is 1. The van der Waals surface area contributed by atoms with Crippen molar-refractivity contribution in [1.82, 2.24) is 15.3 Å². The molecule has 1 atom stereocenters. The van der Waals surface area contributed by atoms with Crippen LogP contribution in [-0.2, 0) is 0 Å². The zero-order valence-electron chi connectivity index (χ0n) is 15.1. The van der Waals surface area contributed by atoms with Gasteiger partial charge in [0.1, 0.15) is 5.56 Å². The minimum absolute atomic E-state index is 0.0828. The number of aromatic amines is 1. The second kappa shape index (κ2) is 7.29. The first kappa shape index (κ1) is 18.1. The quantitative estimate of drug-likeness (QED) is 0.755. The maximum atomic E-state index is 12.7. The number of carbonyl (C=O) groups excluding carboxylic acids is 1. The van der Waals surface area contributed by atoms with Crippen LogP contribution in [0.3, 0.4) is 0 Å². The molecule has 3 rings (SSSR count). The molecule has 0 bridgehead atoms. The van der Waals surface area contributed by atoms with Gasteiger partial charge < -0.3 is 20.1 Å². The lowest BCUT2D eigenvalue weighted by Gasteiger charge is -2.38. The van der Waals surface area contributed by atoms with Crippen molar-refractivity contribution in [3.63, 3.8) is 0 Å². The molecule has 1 saturated carbocycles. The Balaban J connectivity index is 1.87. The summed E-state index contributed by atoms with van der Waals surface area (Å²) in [6.07, 6.45) is 2.50. The van der Waals surface area contributed by atoms with E-state index in [-0.39, 0.29) is 23.6 Å². The van der Waals surface area contributed by atoms with Gasteiger partial charge in [-0.1, -0.05) is 6.07 Å². The van der Waals surface area contributed by atoms with E-state index in [0.717, 1.165) is 16.8 Å². The van der Waals surface area contributed by atoms with Crippen molar-refractivity contribution in [2.45, 2.75) is 38.8 Å². The van der Waals surface area contributed by atoms with Crippen LogP contribution >= 0.6 is 0 Å². The lowest BCUT2D eigenvalue weighted by Crippen LogP contribution is -2.42. The Kier molecular flexibility index (Phi) is 5.08. The van der Waals surface area contributed by atoms with E-state index in [1.807, 2.05) is 13.0 Å². The molecule has 1 aliphatic carbocycles. The summed E-state index contributed by atoms with van der Waals surface area (Å²) in [6, 6.07) is 4.84. The molecule has 0 spiro atoms. The molecule has 2 aromatic rings. The summed E-state index contributed by atoms with van der Waals surface area (Å²) in [5.41, 5.74) is 2.07. The first-order valence-corrected chi connectivity index (χ1v) is 8.58. The van der Waals surface area contributed by atoms with Crippen LogP contribution in [0, 0.1) is 19.8 Å². The molecule has 1 aliphatic rings. The molecular formula is C19H23N3O4. The lowest BCUT2D eigenvalue weighted by molar-refractivity contribution is 0.0234. The number of rotatable bonds is 5. The fraction of sp³-hybridized carbons (Fsp3) is 0.421. The molecule has 0 radical (unpaired) electrons. The first-order valence-electron chi connectivity index (χ1n) is 8.58.